The Hall–Kier alpha value is -3.07. The molecular weight excluding hydrogens is 391 g/mol. The van der Waals surface area contributed by atoms with Crippen molar-refractivity contribution >= 4 is 23.4 Å². The second-order valence-corrected chi connectivity index (χ2v) is 6.65. The molecule has 0 saturated heterocycles. The van der Waals surface area contributed by atoms with Crippen LogP contribution in [0.4, 0.5) is 18.9 Å². The minimum atomic E-state index is -4.74. The summed E-state index contributed by atoms with van der Waals surface area (Å²) in [5.74, 6) is -0.652. The molecule has 0 radical (unpaired) electrons. The normalized spacial score (nSPS) is 11.2. The number of thioether (sulfide) groups is 1. The molecule has 0 bridgehead atoms. The van der Waals surface area contributed by atoms with Crippen LogP contribution in [0.1, 0.15) is 5.69 Å². The van der Waals surface area contributed by atoms with Gasteiger partial charge in [0.15, 0.2) is 10.9 Å². The fraction of sp³-hybridized carbons (Fsp3) is 0.105. The van der Waals surface area contributed by atoms with E-state index < -0.39 is 23.3 Å². The van der Waals surface area contributed by atoms with Crippen LogP contribution >= 0.6 is 11.8 Å². The van der Waals surface area contributed by atoms with Gasteiger partial charge in [-0.1, -0.05) is 60.3 Å². The lowest BCUT2D eigenvalue weighted by Crippen LogP contribution is -2.18. The number of anilines is 1. The Morgan fingerprint density at radius 2 is 1.75 bits per heavy atom. The summed E-state index contributed by atoms with van der Waals surface area (Å²) in [6.07, 6.45) is -4.74. The summed E-state index contributed by atoms with van der Waals surface area (Å²) in [5.41, 5.74) is 0.0695. The summed E-state index contributed by atoms with van der Waals surface area (Å²) in [7, 11) is 0. The number of carbonyl (C=O) groups is 1. The van der Waals surface area contributed by atoms with Gasteiger partial charge in [0.05, 0.1) is 5.75 Å². The molecule has 0 fully saturated rings. The molecule has 0 atom stereocenters. The van der Waals surface area contributed by atoms with E-state index in [0.29, 0.717) is 23.5 Å². The molecule has 0 unspecified atom stereocenters. The lowest BCUT2D eigenvalue weighted by Gasteiger charge is -2.11. The topological polar surface area (TPSA) is 74.8 Å². The molecule has 0 saturated carbocycles. The summed E-state index contributed by atoms with van der Waals surface area (Å²) in [6.45, 7) is 0. The first-order valence-electron chi connectivity index (χ1n) is 8.08. The van der Waals surface area contributed by atoms with Crippen LogP contribution in [0.2, 0.25) is 0 Å². The standard InChI is InChI=1S/C19H14F3N3O2S/c20-19(21,22)15-10-16(26)25-18(24-15)28-11-17(27)23-14-9-5-4-8-13(14)12-6-2-1-3-7-12/h1-10H,11H2,(H,23,27)(H,24,25,26). The average Bonchev–Trinajstić information content (AvgIpc) is 2.66. The summed E-state index contributed by atoms with van der Waals surface area (Å²) in [4.78, 5) is 29.2. The van der Waals surface area contributed by atoms with Gasteiger partial charge < -0.3 is 10.3 Å². The third-order valence-corrected chi connectivity index (χ3v) is 4.51. The van der Waals surface area contributed by atoms with Crippen molar-refractivity contribution in [3.63, 3.8) is 0 Å². The molecule has 28 heavy (non-hydrogen) atoms. The molecule has 0 spiro atoms. The fourth-order valence-electron chi connectivity index (χ4n) is 2.43. The molecule has 5 nitrogen and oxygen atoms in total. The predicted octanol–water partition coefficient (Wildman–Crippen LogP) is 4.19. The van der Waals surface area contributed by atoms with Gasteiger partial charge in [-0.3, -0.25) is 9.59 Å². The maximum atomic E-state index is 12.7. The van der Waals surface area contributed by atoms with Crippen molar-refractivity contribution in [1.29, 1.82) is 0 Å². The van der Waals surface area contributed by atoms with Gasteiger partial charge in [0.2, 0.25) is 5.91 Å². The number of benzene rings is 2. The van der Waals surface area contributed by atoms with Gasteiger partial charge in [-0.05, 0) is 11.6 Å². The molecular formula is C19H14F3N3O2S. The van der Waals surface area contributed by atoms with E-state index in [4.69, 9.17) is 0 Å². The van der Waals surface area contributed by atoms with Crippen LogP contribution in [0.3, 0.4) is 0 Å². The first-order chi connectivity index (χ1) is 13.3. The zero-order chi connectivity index (χ0) is 20.1. The van der Waals surface area contributed by atoms with Crippen LogP contribution in [-0.4, -0.2) is 21.6 Å². The lowest BCUT2D eigenvalue weighted by atomic mass is 10.0. The van der Waals surface area contributed by atoms with E-state index in [1.165, 1.54) is 0 Å². The lowest BCUT2D eigenvalue weighted by molar-refractivity contribution is -0.141. The van der Waals surface area contributed by atoms with Gasteiger partial charge in [-0.25, -0.2) is 4.98 Å². The molecule has 1 amide bonds. The monoisotopic (exact) mass is 405 g/mol. The third-order valence-electron chi connectivity index (χ3n) is 3.64. The molecule has 1 aromatic heterocycles. The van der Waals surface area contributed by atoms with Crippen molar-refractivity contribution in [2.24, 2.45) is 0 Å². The highest BCUT2D eigenvalue weighted by Gasteiger charge is 2.33. The van der Waals surface area contributed by atoms with Crippen LogP contribution < -0.4 is 10.9 Å². The van der Waals surface area contributed by atoms with E-state index in [1.807, 2.05) is 42.5 Å². The molecule has 144 valence electrons. The number of alkyl halides is 3. The van der Waals surface area contributed by atoms with E-state index in [0.717, 1.165) is 11.1 Å². The molecule has 0 aliphatic rings. The first-order valence-corrected chi connectivity index (χ1v) is 9.07. The number of nitrogens with one attached hydrogen (secondary N) is 2. The quantitative estimate of drug-likeness (QED) is 0.493. The molecule has 0 aliphatic heterocycles. The van der Waals surface area contributed by atoms with E-state index in [9.17, 15) is 22.8 Å². The maximum Gasteiger partial charge on any atom is 0.433 e. The molecule has 3 rings (SSSR count). The second kappa shape index (κ2) is 8.30. The summed E-state index contributed by atoms with van der Waals surface area (Å²) >= 11 is 0.715. The number of H-pyrrole nitrogens is 1. The van der Waals surface area contributed by atoms with E-state index in [1.54, 1.807) is 12.1 Å². The van der Waals surface area contributed by atoms with E-state index in [2.05, 4.69) is 15.3 Å². The number of amides is 1. The number of carbonyl (C=O) groups excluding carboxylic acids is 1. The maximum absolute atomic E-state index is 12.7. The van der Waals surface area contributed by atoms with Gasteiger partial charge >= 0.3 is 6.18 Å². The molecule has 0 aliphatic carbocycles. The molecule has 1 heterocycles. The van der Waals surface area contributed by atoms with E-state index in [-0.39, 0.29) is 10.9 Å². The van der Waals surface area contributed by atoms with Gasteiger partial charge in [0, 0.05) is 17.3 Å². The zero-order valence-corrected chi connectivity index (χ0v) is 15.1. The molecule has 9 heteroatoms. The van der Waals surface area contributed by atoms with Crippen LogP contribution in [0, 0.1) is 0 Å². The van der Waals surface area contributed by atoms with E-state index >= 15 is 0 Å². The second-order valence-electron chi connectivity index (χ2n) is 5.68. The number of aromatic nitrogens is 2. The Kier molecular flexibility index (Phi) is 5.84. The van der Waals surface area contributed by atoms with Crippen molar-refractivity contribution in [3.8, 4) is 11.1 Å². The first kappa shape index (κ1) is 19.7. The highest BCUT2D eigenvalue weighted by atomic mass is 32.2. The van der Waals surface area contributed by atoms with Crippen LogP contribution in [-0.2, 0) is 11.0 Å². The number of rotatable bonds is 5. The van der Waals surface area contributed by atoms with Crippen molar-refractivity contribution in [2.75, 3.05) is 11.1 Å². The van der Waals surface area contributed by atoms with Crippen LogP contribution in [0.5, 0.6) is 0 Å². The highest BCUT2D eigenvalue weighted by Crippen LogP contribution is 2.29. The molecule has 3 aromatic rings. The highest BCUT2D eigenvalue weighted by molar-refractivity contribution is 7.99. The number of nitrogens with zero attached hydrogens (tertiary/aromatic N) is 1. The summed E-state index contributed by atoms with van der Waals surface area (Å²) < 4.78 is 38.2. The molecule has 2 aromatic carbocycles. The molecule has 2 N–H and O–H groups in total. The summed E-state index contributed by atoms with van der Waals surface area (Å²) in [5, 5.41) is 2.47. The fourth-order valence-corrected chi connectivity index (χ4v) is 3.11. The number of halogens is 3. The third kappa shape index (κ3) is 5.01. The number of para-hydroxylation sites is 1. The number of hydrogen-bond acceptors (Lipinski definition) is 4. The Morgan fingerprint density at radius 3 is 2.46 bits per heavy atom. The van der Waals surface area contributed by atoms with Crippen LogP contribution in [0.25, 0.3) is 11.1 Å². The summed E-state index contributed by atoms with van der Waals surface area (Å²) in [6, 6.07) is 17.0. The smallest absolute Gasteiger partial charge is 0.325 e. The van der Waals surface area contributed by atoms with Crippen molar-refractivity contribution < 1.29 is 18.0 Å². The van der Waals surface area contributed by atoms with Crippen molar-refractivity contribution in [1.82, 2.24) is 9.97 Å². The van der Waals surface area contributed by atoms with Crippen molar-refractivity contribution in [3.05, 3.63) is 76.7 Å². The van der Waals surface area contributed by atoms with Gasteiger partial charge in [0.1, 0.15) is 0 Å². The largest absolute Gasteiger partial charge is 0.433 e. The Balaban J connectivity index is 1.71. The minimum absolute atomic E-state index is 0.215. The Morgan fingerprint density at radius 1 is 1.07 bits per heavy atom. The van der Waals surface area contributed by atoms with Crippen molar-refractivity contribution in [2.45, 2.75) is 11.3 Å². The van der Waals surface area contributed by atoms with Gasteiger partial charge in [0.25, 0.3) is 5.56 Å². The van der Waals surface area contributed by atoms with Crippen LogP contribution in [0.15, 0.2) is 70.6 Å². The zero-order valence-electron chi connectivity index (χ0n) is 14.3. The van der Waals surface area contributed by atoms with Gasteiger partial charge in [-0.2, -0.15) is 13.2 Å². The average molecular weight is 405 g/mol. The van der Waals surface area contributed by atoms with Gasteiger partial charge in [-0.15, -0.1) is 0 Å². The Labute approximate surface area is 162 Å². The SMILES string of the molecule is O=C(CSc1nc(C(F)(F)F)cc(=O)[nH]1)Nc1ccccc1-c1ccccc1. The number of hydrogen-bond donors (Lipinski definition) is 2. The minimum Gasteiger partial charge on any atom is -0.325 e. The Bertz CT molecular complexity index is 1040. The number of aromatic amines is 1. The predicted molar refractivity (Wildman–Crippen MR) is 101 cm³/mol.